The van der Waals surface area contributed by atoms with Crippen LogP contribution in [-0.2, 0) is 0 Å². The van der Waals surface area contributed by atoms with Gasteiger partial charge in [0.15, 0.2) is 0 Å². The Labute approximate surface area is 137 Å². The number of nitrogens with zero attached hydrogens (tertiary/aromatic N) is 3. The third-order valence-electron chi connectivity index (χ3n) is 4.43. The van der Waals surface area contributed by atoms with Gasteiger partial charge < -0.3 is 9.47 Å². The summed E-state index contributed by atoms with van der Waals surface area (Å²) in [6.45, 7) is 4.63. The van der Waals surface area contributed by atoms with Crippen LogP contribution in [0, 0.1) is 0 Å². The van der Waals surface area contributed by atoms with Crippen LogP contribution in [0.4, 0.5) is 0 Å². The van der Waals surface area contributed by atoms with Crippen molar-refractivity contribution < 1.29 is 9.47 Å². The molecule has 122 valence electrons. The van der Waals surface area contributed by atoms with Gasteiger partial charge in [0, 0.05) is 17.7 Å². The summed E-state index contributed by atoms with van der Waals surface area (Å²) >= 11 is 0. The summed E-state index contributed by atoms with van der Waals surface area (Å²) in [5, 5.41) is 0. The first-order valence-corrected chi connectivity index (χ1v) is 8.02. The Morgan fingerprint density at radius 1 is 1.04 bits per heavy atom. The van der Waals surface area contributed by atoms with Crippen LogP contribution in [0.2, 0.25) is 0 Å². The van der Waals surface area contributed by atoms with Gasteiger partial charge in [-0.25, -0.2) is 0 Å². The lowest BCUT2D eigenvalue weighted by atomic mass is 10.0. The molecule has 23 heavy (non-hydrogen) atoms. The van der Waals surface area contributed by atoms with Gasteiger partial charge in [-0.1, -0.05) is 18.2 Å². The molecule has 0 aliphatic carbocycles. The molecule has 0 amide bonds. The van der Waals surface area contributed by atoms with Gasteiger partial charge in [-0.3, -0.25) is 4.90 Å². The molecule has 3 rings (SSSR count). The monoisotopic (exact) mass is 313 g/mol. The smallest absolute Gasteiger partial charge is 0.320 e. The SMILES string of the molecule is COc1cc(-c2cccc([C@H](C)N3CCCC3)c2)nc(OC)n1. The summed E-state index contributed by atoms with van der Waals surface area (Å²) in [5.41, 5.74) is 3.16. The highest BCUT2D eigenvalue weighted by atomic mass is 16.5. The quantitative estimate of drug-likeness (QED) is 0.847. The summed E-state index contributed by atoms with van der Waals surface area (Å²) in [5.74, 6) is 0.504. The Hall–Kier alpha value is -2.14. The molecule has 5 nitrogen and oxygen atoms in total. The number of likely N-dealkylation sites (tertiary alicyclic amines) is 1. The van der Waals surface area contributed by atoms with E-state index < -0.39 is 0 Å². The van der Waals surface area contributed by atoms with Crippen molar-refractivity contribution in [2.45, 2.75) is 25.8 Å². The van der Waals surface area contributed by atoms with Crippen LogP contribution in [0.3, 0.4) is 0 Å². The van der Waals surface area contributed by atoms with Crippen LogP contribution >= 0.6 is 0 Å². The maximum absolute atomic E-state index is 5.24. The van der Waals surface area contributed by atoms with E-state index in [1.54, 1.807) is 14.2 Å². The molecule has 1 atom stereocenters. The Kier molecular flexibility index (Phi) is 4.76. The van der Waals surface area contributed by atoms with Gasteiger partial charge in [-0.15, -0.1) is 0 Å². The first-order chi connectivity index (χ1) is 11.2. The highest BCUT2D eigenvalue weighted by molar-refractivity contribution is 5.61. The van der Waals surface area contributed by atoms with Crippen molar-refractivity contribution in [3.8, 4) is 23.1 Å². The molecule has 0 radical (unpaired) electrons. The van der Waals surface area contributed by atoms with Gasteiger partial charge in [0.1, 0.15) is 0 Å². The standard InChI is InChI=1S/C18H23N3O2/c1-13(21-9-4-5-10-21)14-7-6-8-15(11-14)16-12-17(22-2)20-18(19-16)23-3/h6-8,11-13H,4-5,9-10H2,1-3H3/t13-/m0/s1. The minimum Gasteiger partial charge on any atom is -0.481 e. The van der Waals surface area contributed by atoms with Crippen LogP contribution in [0.25, 0.3) is 11.3 Å². The minimum absolute atomic E-state index is 0.317. The number of hydrogen-bond acceptors (Lipinski definition) is 5. The summed E-state index contributed by atoms with van der Waals surface area (Å²) in [4.78, 5) is 11.1. The predicted molar refractivity (Wildman–Crippen MR) is 89.8 cm³/mol. The van der Waals surface area contributed by atoms with Crippen molar-refractivity contribution in [3.63, 3.8) is 0 Å². The summed E-state index contributed by atoms with van der Waals surface area (Å²) < 4.78 is 10.4. The third-order valence-corrected chi connectivity index (χ3v) is 4.43. The van der Waals surface area contributed by atoms with Gasteiger partial charge in [-0.2, -0.15) is 9.97 Å². The predicted octanol–water partition coefficient (Wildman–Crippen LogP) is 3.32. The molecule has 0 spiro atoms. The Morgan fingerprint density at radius 2 is 1.83 bits per heavy atom. The van der Waals surface area contributed by atoms with Gasteiger partial charge >= 0.3 is 6.01 Å². The first kappa shape index (κ1) is 15.7. The number of methoxy groups -OCH3 is 2. The molecule has 0 unspecified atom stereocenters. The van der Waals surface area contributed by atoms with E-state index in [9.17, 15) is 0 Å². The number of rotatable bonds is 5. The lowest BCUT2D eigenvalue weighted by Gasteiger charge is -2.24. The summed E-state index contributed by atoms with van der Waals surface area (Å²) in [6, 6.07) is 11.1. The Balaban J connectivity index is 1.93. The average molecular weight is 313 g/mol. The van der Waals surface area contributed by atoms with E-state index in [0.717, 1.165) is 11.3 Å². The Bertz CT molecular complexity index is 647. The second kappa shape index (κ2) is 6.96. The largest absolute Gasteiger partial charge is 0.481 e. The highest BCUT2D eigenvalue weighted by Gasteiger charge is 2.19. The molecule has 1 aromatic carbocycles. The van der Waals surface area contributed by atoms with Crippen LogP contribution in [0.5, 0.6) is 11.9 Å². The van der Waals surface area contributed by atoms with Crippen molar-refractivity contribution >= 4 is 0 Å². The van der Waals surface area contributed by atoms with Crippen LogP contribution in [0.1, 0.15) is 31.4 Å². The van der Waals surface area contributed by atoms with Gasteiger partial charge in [0.05, 0.1) is 19.9 Å². The molecular weight excluding hydrogens is 290 g/mol. The van der Waals surface area contributed by atoms with Gasteiger partial charge in [0.25, 0.3) is 0 Å². The van der Waals surface area contributed by atoms with E-state index in [0.29, 0.717) is 17.9 Å². The zero-order valence-corrected chi connectivity index (χ0v) is 14.0. The van der Waals surface area contributed by atoms with Gasteiger partial charge in [0.2, 0.25) is 5.88 Å². The molecule has 0 saturated carbocycles. The normalized spacial score (nSPS) is 16.3. The molecule has 0 bridgehead atoms. The molecule has 0 N–H and O–H groups in total. The molecule has 2 aromatic rings. The number of aromatic nitrogens is 2. The van der Waals surface area contributed by atoms with E-state index in [4.69, 9.17) is 9.47 Å². The number of ether oxygens (including phenoxy) is 2. The second-order valence-corrected chi connectivity index (χ2v) is 5.83. The number of hydrogen-bond donors (Lipinski definition) is 0. The van der Waals surface area contributed by atoms with Crippen molar-refractivity contribution in [2.24, 2.45) is 0 Å². The third kappa shape index (κ3) is 3.45. The van der Waals surface area contributed by atoms with Crippen molar-refractivity contribution in [1.29, 1.82) is 0 Å². The number of benzene rings is 1. The van der Waals surface area contributed by atoms with Gasteiger partial charge in [-0.05, 0) is 44.5 Å². The molecule has 5 heteroatoms. The molecule has 1 aliphatic heterocycles. The zero-order chi connectivity index (χ0) is 16.2. The lowest BCUT2D eigenvalue weighted by molar-refractivity contribution is 0.263. The van der Waals surface area contributed by atoms with E-state index in [2.05, 4.69) is 46.1 Å². The molecular formula is C18H23N3O2. The fourth-order valence-corrected chi connectivity index (χ4v) is 3.05. The van der Waals surface area contributed by atoms with E-state index in [-0.39, 0.29) is 0 Å². The average Bonchev–Trinajstić information content (AvgIpc) is 3.15. The summed E-state index contributed by atoms with van der Waals surface area (Å²) in [7, 11) is 3.15. The van der Waals surface area contributed by atoms with E-state index >= 15 is 0 Å². The van der Waals surface area contributed by atoms with Crippen molar-refractivity contribution in [2.75, 3.05) is 27.3 Å². The maximum Gasteiger partial charge on any atom is 0.320 e. The molecule has 1 saturated heterocycles. The molecule has 1 aliphatic rings. The van der Waals surface area contributed by atoms with E-state index in [1.807, 2.05) is 6.07 Å². The van der Waals surface area contributed by atoms with Crippen LogP contribution in [-0.4, -0.2) is 42.2 Å². The van der Waals surface area contributed by atoms with Crippen LogP contribution in [0.15, 0.2) is 30.3 Å². The molecule has 1 aromatic heterocycles. The molecule has 2 heterocycles. The van der Waals surface area contributed by atoms with Crippen LogP contribution < -0.4 is 9.47 Å². The maximum atomic E-state index is 5.24. The lowest BCUT2D eigenvalue weighted by Crippen LogP contribution is -2.23. The minimum atomic E-state index is 0.317. The Morgan fingerprint density at radius 3 is 2.52 bits per heavy atom. The summed E-state index contributed by atoms with van der Waals surface area (Å²) in [6.07, 6.45) is 2.59. The van der Waals surface area contributed by atoms with Crippen molar-refractivity contribution in [1.82, 2.24) is 14.9 Å². The first-order valence-electron chi connectivity index (χ1n) is 8.02. The van der Waals surface area contributed by atoms with Crippen molar-refractivity contribution in [3.05, 3.63) is 35.9 Å². The van der Waals surface area contributed by atoms with E-state index in [1.165, 1.54) is 31.5 Å². The second-order valence-electron chi connectivity index (χ2n) is 5.83. The molecule has 1 fully saturated rings. The fourth-order valence-electron chi connectivity index (χ4n) is 3.05. The highest BCUT2D eigenvalue weighted by Crippen LogP contribution is 2.29. The topological polar surface area (TPSA) is 47.5 Å². The zero-order valence-electron chi connectivity index (χ0n) is 14.0. The fraction of sp³-hybridized carbons (Fsp3) is 0.444.